The molecule has 2 heterocycles. The Balaban J connectivity index is 0.00000148. The highest BCUT2D eigenvalue weighted by Gasteiger charge is 2.15. The third kappa shape index (κ3) is 9.51. The first-order valence-electron chi connectivity index (χ1n) is 13.7. The lowest BCUT2D eigenvalue weighted by Gasteiger charge is -2.08. The summed E-state index contributed by atoms with van der Waals surface area (Å²) in [5.41, 5.74) is 14.7. The number of aromatic amines is 1. The number of nitrogens with two attached hydrogens (primary N) is 2. The van der Waals surface area contributed by atoms with Crippen molar-refractivity contribution in [1.82, 2.24) is 19.9 Å². The number of hydrogen-bond acceptors (Lipinski definition) is 5. The number of benzene rings is 2. The third-order valence-electron chi connectivity index (χ3n) is 6.22. The smallest absolute Gasteiger partial charge is 0.354 e. The van der Waals surface area contributed by atoms with Gasteiger partial charge in [0.05, 0.1) is 22.2 Å². The van der Waals surface area contributed by atoms with E-state index < -0.39 is 11.5 Å². The molecule has 2 aromatic heterocycles. The lowest BCUT2D eigenvalue weighted by Crippen LogP contribution is -2.20. The minimum Gasteiger partial charge on any atom is -0.388 e. The van der Waals surface area contributed by atoms with Crippen LogP contribution in [0.4, 0.5) is 4.39 Å². The number of nitrogens with one attached hydrogen (secondary N) is 2. The molecule has 4 aromatic rings. The van der Waals surface area contributed by atoms with Crippen LogP contribution in [0.1, 0.15) is 37.3 Å². The summed E-state index contributed by atoms with van der Waals surface area (Å²) >= 11 is 6.19. The number of hydrogen-bond donors (Lipinski definition) is 4. The summed E-state index contributed by atoms with van der Waals surface area (Å²) in [5, 5.41) is 4.12. The fourth-order valence-corrected chi connectivity index (χ4v) is 4.49. The maximum absolute atomic E-state index is 15.0. The van der Waals surface area contributed by atoms with Crippen molar-refractivity contribution in [2.24, 2.45) is 16.5 Å². The standard InChI is InChI=1S/C28H33ClFN7O.2C2H4/c1-18(32)34-12-4-11-33-16-19-6-8-22(9-7-19)37-17-21-15-25(35-27(21)36-28(37)38)23-13-20(5-2-3-10-31)14-24(29)26(23)30;2*1-2/h6-9,13-15,17,33H,2-5,10-12,16,31H2,1H3,(H2,32,34)(H,35,36,38);2*1-2H2. The summed E-state index contributed by atoms with van der Waals surface area (Å²) in [6.07, 6.45) is 5.14. The van der Waals surface area contributed by atoms with Gasteiger partial charge in [-0.2, -0.15) is 4.98 Å². The van der Waals surface area contributed by atoms with Gasteiger partial charge in [0.25, 0.3) is 0 Å². The molecule has 0 unspecified atom stereocenters. The topological polar surface area (TPSA) is 127 Å². The monoisotopic (exact) mass is 593 g/mol. The molecule has 0 amide bonds. The average molecular weight is 594 g/mol. The van der Waals surface area contributed by atoms with Crippen molar-refractivity contribution in [3.63, 3.8) is 0 Å². The van der Waals surface area contributed by atoms with Crippen LogP contribution in [0.15, 0.2) is 84.8 Å². The predicted octanol–water partition coefficient (Wildman–Crippen LogP) is 5.92. The normalized spacial score (nSPS) is 11.0. The van der Waals surface area contributed by atoms with Gasteiger partial charge in [-0.1, -0.05) is 23.7 Å². The number of aliphatic imine (C=N–C) groups is 1. The van der Waals surface area contributed by atoms with Crippen LogP contribution in [-0.4, -0.2) is 40.0 Å². The van der Waals surface area contributed by atoms with E-state index in [-0.39, 0.29) is 5.02 Å². The van der Waals surface area contributed by atoms with Crippen LogP contribution in [0.5, 0.6) is 0 Å². The number of halogens is 2. The molecule has 0 aliphatic carbocycles. The zero-order valence-corrected chi connectivity index (χ0v) is 25.0. The number of nitrogens with zero attached hydrogens (tertiary/aromatic N) is 3. The molecule has 10 heteroatoms. The van der Waals surface area contributed by atoms with Crippen molar-refractivity contribution in [2.45, 2.75) is 39.2 Å². The van der Waals surface area contributed by atoms with E-state index in [0.29, 0.717) is 53.4 Å². The first-order chi connectivity index (χ1) is 20.4. The molecular formula is C32H41ClFN7O. The van der Waals surface area contributed by atoms with Gasteiger partial charge >= 0.3 is 5.69 Å². The minimum atomic E-state index is -0.512. The lowest BCUT2D eigenvalue weighted by atomic mass is 10.0. The number of H-pyrrole nitrogens is 1. The van der Waals surface area contributed by atoms with Crippen LogP contribution in [-0.2, 0) is 13.0 Å². The van der Waals surface area contributed by atoms with E-state index in [4.69, 9.17) is 23.1 Å². The first-order valence-corrected chi connectivity index (χ1v) is 14.1. The van der Waals surface area contributed by atoms with Gasteiger partial charge in [0.1, 0.15) is 5.65 Å². The Morgan fingerprint density at radius 1 is 1.10 bits per heavy atom. The number of aryl methyl sites for hydroxylation is 1. The quantitative estimate of drug-likeness (QED) is 0.0702. The van der Waals surface area contributed by atoms with Gasteiger partial charge in [-0.25, -0.2) is 9.18 Å². The third-order valence-corrected chi connectivity index (χ3v) is 6.50. The molecule has 224 valence electrons. The maximum atomic E-state index is 15.0. The fraction of sp³-hybridized carbons (Fsp3) is 0.281. The van der Waals surface area contributed by atoms with E-state index in [9.17, 15) is 9.18 Å². The first kappa shape index (κ1) is 34.2. The summed E-state index contributed by atoms with van der Waals surface area (Å²) in [5.74, 6) is 0.0848. The lowest BCUT2D eigenvalue weighted by molar-refractivity contribution is 0.630. The Kier molecular flexibility index (Phi) is 14.4. The molecule has 0 saturated heterocycles. The van der Waals surface area contributed by atoms with Gasteiger partial charge in [-0.05, 0) is 87.2 Å². The fourth-order valence-electron chi connectivity index (χ4n) is 4.25. The highest BCUT2D eigenvalue weighted by molar-refractivity contribution is 6.31. The molecule has 0 aliphatic rings. The Hall–Kier alpha value is -4.05. The van der Waals surface area contributed by atoms with Crippen LogP contribution in [0, 0.1) is 5.82 Å². The number of amidine groups is 1. The molecule has 0 radical (unpaired) electrons. The summed E-state index contributed by atoms with van der Waals surface area (Å²) in [7, 11) is 0. The van der Waals surface area contributed by atoms with Crippen molar-refractivity contribution in [3.8, 4) is 16.9 Å². The second-order valence-electron chi connectivity index (χ2n) is 9.29. The number of fused-ring (bicyclic) bond motifs is 1. The van der Waals surface area contributed by atoms with E-state index in [1.165, 1.54) is 4.57 Å². The van der Waals surface area contributed by atoms with Gasteiger partial charge in [0, 0.05) is 30.2 Å². The zero-order chi connectivity index (χ0) is 31.1. The summed E-state index contributed by atoms with van der Waals surface area (Å²) < 4.78 is 16.4. The number of aromatic nitrogens is 3. The van der Waals surface area contributed by atoms with Crippen LogP contribution >= 0.6 is 11.6 Å². The van der Waals surface area contributed by atoms with Gasteiger partial charge in [0.2, 0.25) is 0 Å². The molecule has 4 rings (SSSR count). The SMILES string of the molecule is C=C.C=C.CC(N)=NCCCNCc1ccc(-n2cc3cc(-c4cc(CCCCN)cc(Cl)c4F)[nH]c3nc2=O)cc1. The molecule has 0 aliphatic heterocycles. The highest BCUT2D eigenvalue weighted by atomic mass is 35.5. The molecule has 0 saturated carbocycles. The van der Waals surface area contributed by atoms with Crippen molar-refractivity contribution >= 4 is 28.5 Å². The summed E-state index contributed by atoms with van der Waals surface area (Å²) in [6.45, 7) is 16.6. The molecule has 0 atom stereocenters. The van der Waals surface area contributed by atoms with Gasteiger partial charge in [0.15, 0.2) is 5.82 Å². The van der Waals surface area contributed by atoms with E-state index in [0.717, 1.165) is 43.4 Å². The van der Waals surface area contributed by atoms with Crippen LogP contribution < -0.4 is 22.5 Å². The number of unbranched alkanes of at least 4 members (excludes halogenated alkanes) is 1. The van der Waals surface area contributed by atoms with Gasteiger partial charge in [-0.3, -0.25) is 9.56 Å². The van der Waals surface area contributed by atoms with Crippen molar-refractivity contribution in [1.29, 1.82) is 0 Å². The maximum Gasteiger partial charge on any atom is 0.354 e. The van der Waals surface area contributed by atoms with Crippen molar-refractivity contribution in [2.75, 3.05) is 19.6 Å². The van der Waals surface area contributed by atoms with Gasteiger partial charge in [-0.15, -0.1) is 26.3 Å². The second-order valence-corrected chi connectivity index (χ2v) is 9.69. The number of rotatable bonds is 12. The average Bonchev–Trinajstić information content (AvgIpc) is 3.41. The molecular weight excluding hydrogens is 553 g/mol. The Morgan fingerprint density at radius 2 is 1.81 bits per heavy atom. The van der Waals surface area contributed by atoms with E-state index >= 15 is 0 Å². The largest absolute Gasteiger partial charge is 0.388 e. The molecule has 2 aromatic carbocycles. The van der Waals surface area contributed by atoms with Crippen LogP contribution in [0.2, 0.25) is 5.02 Å². The molecule has 0 spiro atoms. The Labute approximate surface area is 252 Å². The van der Waals surface area contributed by atoms with E-state index in [1.54, 1.807) is 31.3 Å². The Bertz CT molecular complexity index is 1510. The van der Waals surface area contributed by atoms with E-state index in [2.05, 4.69) is 46.6 Å². The molecule has 42 heavy (non-hydrogen) atoms. The van der Waals surface area contributed by atoms with E-state index in [1.807, 2.05) is 24.3 Å². The zero-order valence-electron chi connectivity index (χ0n) is 24.3. The molecule has 0 bridgehead atoms. The van der Waals surface area contributed by atoms with Crippen molar-refractivity contribution < 1.29 is 4.39 Å². The van der Waals surface area contributed by atoms with Crippen molar-refractivity contribution in [3.05, 3.63) is 107 Å². The second kappa shape index (κ2) is 17.7. The molecule has 0 fully saturated rings. The predicted molar refractivity (Wildman–Crippen MR) is 175 cm³/mol. The highest BCUT2D eigenvalue weighted by Crippen LogP contribution is 2.31. The minimum absolute atomic E-state index is 0.0604. The molecule has 8 nitrogen and oxygen atoms in total. The van der Waals surface area contributed by atoms with Crippen LogP contribution in [0.3, 0.4) is 0 Å². The summed E-state index contributed by atoms with van der Waals surface area (Å²) in [6, 6.07) is 12.9. The van der Waals surface area contributed by atoms with Gasteiger partial charge < -0.3 is 21.8 Å². The summed E-state index contributed by atoms with van der Waals surface area (Å²) in [4.78, 5) is 24.3. The Morgan fingerprint density at radius 3 is 2.48 bits per heavy atom. The van der Waals surface area contributed by atoms with Crippen LogP contribution in [0.25, 0.3) is 28.0 Å². The molecule has 6 N–H and O–H groups in total.